The van der Waals surface area contributed by atoms with Gasteiger partial charge in [0, 0.05) is 40.7 Å². The molecule has 0 spiro atoms. The molecule has 38 heavy (non-hydrogen) atoms. The number of anilines is 2. The highest BCUT2D eigenvalue weighted by Gasteiger charge is 2.25. The summed E-state index contributed by atoms with van der Waals surface area (Å²) in [5.74, 6) is -7.71. The van der Waals surface area contributed by atoms with Gasteiger partial charge in [-0.1, -0.05) is 6.92 Å². The van der Waals surface area contributed by atoms with Crippen molar-refractivity contribution in [3.8, 4) is 22.7 Å². The Morgan fingerprint density at radius 1 is 1.08 bits per heavy atom. The van der Waals surface area contributed by atoms with E-state index in [0.29, 0.717) is 12.4 Å². The van der Waals surface area contributed by atoms with Gasteiger partial charge in [0.15, 0.2) is 35.4 Å². The molecular formula is C24H16F5N5O4. The average Bonchev–Trinajstić information content (AvgIpc) is 3.27. The standard InChI is InChI=1S/C24H16F5N5O4/c1-3-18-13(10-35)12(11-4-5-14(25)22(29)21(11)28)9-33(18)23-16(27)8-30-24(32-23)31-17-7-19(34(36)37)15(26)6-20(17)38-2/h4-10H,3H2,1-2H3,(H,30,31,32). The molecule has 2 aromatic carbocycles. The highest BCUT2D eigenvalue weighted by molar-refractivity contribution is 5.90. The van der Waals surface area contributed by atoms with Gasteiger partial charge in [-0.2, -0.15) is 9.37 Å². The number of methoxy groups -OCH3 is 1. The maximum absolute atomic E-state index is 14.9. The second-order valence-electron chi connectivity index (χ2n) is 7.72. The van der Waals surface area contributed by atoms with Gasteiger partial charge in [0.1, 0.15) is 5.75 Å². The largest absolute Gasteiger partial charge is 0.494 e. The predicted molar refractivity (Wildman–Crippen MR) is 124 cm³/mol. The maximum Gasteiger partial charge on any atom is 0.307 e. The third-order valence-electron chi connectivity index (χ3n) is 5.59. The quantitative estimate of drug-likeness (QED) is 0.102. The number of nitro benzene ring substituents is 1. The van der Waals surface area contributed by atoms with Gasteiger partial charge in [-0.15, -0.1) is 0 Å². The third kappa shape index (κ3) is 4.51. The van der Waals surface area contributed by atoms with Crippen molar-refractivity contribution < 1.29 is 36.4 Å². The summed E-state index contributed by atoms with van der Waals surface area (Å²) >= 11 is 0. The lowest BCUT2D eigenvalue weighted by Gasteiger charge is -2.13. The molecule has 0 fully saturated rings. The Morgan fingerprint density at radius 3 is 2.45 bits per heavy atom. The molecule has 14 heteroatoms. The molecule has 4 rings (SSSR count). The lowest BCUT2D eigenvalue weighted by Crippen LogP contribution is -2.09. The van der Waals surface area contributed by atoms with Crippen LogP contribution in [0.2, 0.25) is 0 Å². The molecule has 0 radical (unpaired) electrons. The molecular weight excluding hydrogens is 517 g/mol. The van der Waals surface area contributed by atoms with Crippen molar-refractivity contribution in [3.63, 3.8) is 0 Å². The summed E-state index contributed by atoms with van der Waals surface area (Å²) in [6.45, 7) is 1.62. The molecule has 196 valence electrons. The minimum absolute atomic E-state index is 0.110. The highest BCUT2D eigenvalue weighted by atomic mass is 19.2. The SMILES string of the molecule is CCc1c(C=O)c(-c2ccc(F)c(F)c2F)cn1-c1nc(Nc2cc([N+](=O)[O-])c(F)cc2OC)ncc1F. The molecule has 0 bridgehead atoms. The normalized spacial score (nSPS) is 10.9. The van der Waals surface area contributed by atoms with Gasteiger partial charge in [0.2, 0.25) is 11.8 Å². The molecule has 9 nitrogen and oxygen atoms in total. The van der Waals surface area contributed by atoms with E-state index in [2.05, 4.69) is 15.3 Å². The van der Waals surface area contributed by atoms with Crippen LogP contribution in [0, 0.1) is 39.2 Å². The zero-order valence-corrected chi connectivity index (χ0v) is 19.6. The molecule has 4 aromatic rings. The summed E-state index contributed by atoms with van der Waals surface area (Å²) in [5.41, 5.74) is -1.51. The smallest absolute Gasteiger partial charge is 0.307 e. The van der Waals surface area contributed by atoms with Crippen LogP contribution in [0.3, 0.4) is 0 Å². The fourth-order valence-electron chi connectivity index (χ4n) is 3.85. The summed E-state index contributed by atoms with van der Waals surface area (Å²) in [7, 11) is 1.19. The zero-order valence-electron chi connectivity index (χ0n) is 19.6. The number of carbonyl (C=O) groups excluding carboxylic acids is 1. The van der Waals surface area contributed by atoms with E-state index in [9.17, 15) is 36.9 Å². The number of halogens is 5. The second kappa shape index (κ2) is 10.2. The topological polar surface area (TPSA) is 112 Å². The highest BCUT2D eigenvalue weighted by Crippen LogP contribution is 2.35. The minimum Gasteiger partial charge on any atom is -0.494 e. The second-order valence-corrected chi connectivity index (χ2v) is 7.72. The van der Waals surface area contributed by atoms with Crippen LogP contribution >= 0.6 is 0 Å². The van der Waals surface area contributed by atoms with Crippen LogP contribution in [-0.2, 0) is 6.42 Å². The van der Waals surface area contributed by atoms with Crippen LogP contribution < -0.4 is 10.1 Å². The summed E-state index contributed by atoms with van der Waals surface area (Å²) in [4.78, 5) is 29.9. The van der Waals surface area contributed by atoms with Crippen molar-refractivity contribution in [3.05, 3.63) is 87.1 Å². The van der Waals surface area contributed by atoms with E-state index in [1.807, 2.05) is 0 Å². The monoisotopic (exact) mass is 533 g/mol. The number of hydrogen-bond donors (Lipinski definition) is 1. The van der Waals surface area contributed by atoms with Crippen LogP contribution in [0.25, 0.3) is 16.9 Å². The van der Waals surface area contributed by atoms with Crippen molar-refractivity contribution in [2.24, 2.45) is 0 Å². The molecule has 0 saturated heterocycles. The van der Waals surface area contributed by atoms with Crippen LogP contribution in [-0.4, -0.2) is 32.9 Å². The van der Waals surface area contributed by atoms with Gasteiger partial charge >= 0.3 is 5.69 Å². The molecule has 0 saturated carbocycles. The molecule has 2 aromatic heterocycles. The van der Waals surface area contributed by atoms with Gasteiger partial charge in [0.25, 0.3) is 0 Å². The lowest BCUT2D eigenvalue weighted by molar-refractivity contribution is -0.387. The predicted octanol–water partition coefficient (Wildman–Crippen LogP) is 5.67. The molecule has 0 aliphatic carbocycles. The van der Waals surface area contributed by atoms with E-state index < -0.39 is 51.1 Å². The number of hydrogen-bond acceptors (Lipinski definition) is 7. The molecule has 0 aliphatic rings. The number of carbonyl (C=O) groups is 1. The third-order valence-corrected chi connectivity index (χ3v) is 5.59. The van der Waals surface area contributed by atoms with E-state index >= 15 is 0 Å². The molecule has 0 aliphatic heterocycles. The van der Waals surface area contributed by atoms with Gasteiger partial charge in [-0.05, 0) is 18.6 Å². The van der Waals surface area contributed by atoms with E-state index in [4.69, 9.17) is 4.74 Å². The number of benzene rings is 2. The Labute approximate surface area is 210 Å². The molecule has 0 amide bonds. The van der Waals surface area contributed by atoms with Crippen molar-refractivity contribution in [2.75, 3.05) is 12.4 Å². The number of aldehydes is 1. The van der Waals surface area contributed by atoms with Crippen molar-refractivity contribution in [1.29, 1.82) is 0 Å². The number of nitrogens with one attached hydrogen (secondary N) is 1. The number of nitrogens with zero attached hydrogens (tertiary/aromatic N) is 4. The fraction of sp³-hybridized carbons (Fsp3) is 0.125. The summed E-state index contributed by atoms with van der Waals surface area (Å²) in [6.07, 6.45) is 2.37. The maximum atomic E-state index is 14.9. The first-order chi connectivity index (χ1) is 18.1. The van der Waals surface area contributed by atoms with Crippen LogP contribution in [0.5, 0.6) is 5.75 Å². The number of aromatic nitrogens is 3. The van der Waals surface area contributed by atoms with Crippen LogP contribution in [0.15, 0.2) is 36.7 Å². The summed E-state index contributed by atoms with van der Waals surface area (Å²) in [5, 5.41) is 13.7. The van der Waals surface area contributed by atoms with Gasteiger partial charge in [-0.3, -0.25) is 14.9 Å². The Hall–Kier alpha value is -4.88. The van der Waals surface area contributed by atoms with Crippen molar-refractivity contribution in [1.82, 2.24) is 14.5 Å². The summed E-state index contributed by atoms with van der Waals surface area (Å²) < 4.78 is 77.0. The Bertz CT molecular complexity index is 1590. The average molecular weight is 533 g/mol. The van der Waals surface area contributed by atoms with E-state index in [-0.39, 0.29) is 40.6 Å². The molecule has 0 atom stereocenters. The van der Waals surface area contributed by atoms with Crippen LogP contribution in [0.1, 0.15) is 23.0 Å². The Morgan fingerprint density at radius 2 is 1.82 bits per heavy atom. The van der Waals surface area contributed by atoms with Gasteiger partial charge in [-0.25, -0.2) is 22.5 Å². The molecule has 1 N–H and O–H groups in total. The Balaban J connectivity index is 1.86. The van der Waals surface area contributed by atoms with E-state index in [0.717, 1.165) is 35.2 Å². The summed E-state index contributed by atoms with van der Waals surface area (Å²) in [6, 6.07) is 3.23. The van der Waals surface area contributed by atoms with Gasteiger partial charge in [0.05, 0.1) is 23.9 Å². The molecule has 2 heterocycles. The number of nitro groups is 1. The van der Waals surface area contributed by atoms with Crippen molar-refractivity contribution in [2.45, 2.75) is 13.3 Å². The first-order valence-electron chi connectivity index (χ1n) is 10.8. The first kappa shape index (κ1) is 26.2. The first-order valence-corrected chi connectivity index (χ1v) is 10.8. The fourth-order valence-corrected chi connectivity index (χ4v) is 3.85. The van der Waals surface area contributed by atoms with E-state index in [1.165, 1.54) is 7.11 Å². The minimum atomic E-state index is -1.74. The molecule has 0 unspecified atom stereocenters. The van der Waals surface area contributed by atoms with Crippen molar-refractivity contribution >= 4 is 23.6 Å². The number of rotatable bonds is 8. The van der Waals surface area contributed by atoms with E-state index in [1.54, 1.807) is 6.92 Å². The number of ether oxygens (including phenoxy) is 1. The lowest BCUT2D eigenvalue weighted by atomic mass is 10.0. The van der Waals surface area contributed by atoms with Gasteiger partial charge < -0.3 is 14.6 Å². The Kier molecular flexibility index (Phi) is 7.06. The zero-order chi connectivity index (χ0) is 27.7. The van der Waals surface area contributed by atoms with Crippen LogP contribution in [0.4, 0.5) is 39.3 Å².